The molecule has 0 bridgehead atoms. The molecule has 1 fully saturated rings. The average molecular weight is 304 g/mol. The molecule has 2 atom stereocenters. The van der Waals surface area contributed by atoms with Crippen molar-refractivity contribution in [1.29, 1.82) is 0 Å². The van der Waals surface area contributed by atoms with E-state index < -0.39 is 0 Å². The monoisotopic (exact) mass is 304 g/mol. The van der Waals surface area contributed by atoms with E-state index in [1.807, 2.05) is 41.2 Å². The Labute approximate surface area is 135 Å². The van der Waals surface area contributed by atoms with Gasteiger partial charge in [0.15, 0.2) is 0 Å². The Morgan fingerprint density at radius 3 is 2.74 bits per heavy atom. The number of aromatic nitrogens is 3. The standard InChI is InChI=1S/C19H20N4/c1-2-19(20)12-17(19)15-9-6-10-16(11-15)23-13-18(21-22-23)14-7-4-3-5-8-14/h3-11,13,17H,2,12,20H2,1H3/t17-,19-/m0/s1. The van der Waals surface area contributed by atoms with Crippen LogP contribution >= 0.6 is 0 Å². The van der Waals surface area contributed by atoms with Gasteiger partial charge in [0.25, 0.3) is 0 Å². The van der Waals surface area contributed by atoms with Gasteiger partial charge in [0.2, 0.25) is 0 Å². The first kappa shape index (κ1) is 14.2. The van der Waals surface area contributed by atoms with Crippen LogP contribution in [-0.2, 0) is 0 Å². The normalized spacial score (nSPS) is 23.0. The second-order valence-corrected chi connectivity index (χ2v) is 6.35. The lowest BCUT2D eigenvalue weighted by molar-refractivity contribution is 0.626. The lowest BCUT2D eigenvalue weighted by Crippen LogP contribution is -2.22. The van der Waals surface area contributed by atoms with Crippen LogP contribution in [0.2, 0.25) is 0 Å². The fraction of sp³-hybridized carbons (Fsp3) is 0.263. The molecule has 1 aliphatic rings. The van der Waals surface area contributed by atoms with Gasteiger partial charge < -0.3 is 5.73 Å². The van der Waals surface area contributed by atoms with Crippen LogP contribution in [0.5, 0.6) is 0 Å². The second kappa shape index (κ2) is 5.32. The number of nitrogens with two attached hydrogens (primary N) is 1. The largest absolute Gasteiger partial charge is 0.325 e. The minimum Gasteiger partial charge on any atom is -0.325 e. The number of hydrogen-bond acceptors (Lipinski definition) is 3. The average Bonchev–Trinajstić information content (AvgIpc) is 3.07. The van der Waals surface area contributed by atoms with Gasteiger partial charge in [0.1, 0.15) is 5.69 Å². The third kappa shape index (κ3) is 2.55. The highest BCUT2D eigenvalue weighted by atomic mass is 15.4. The highest BCUT2D eigenvalue weighted by molar-refractivity contribution is 5.58. The van der Waals surface area contributed by atoms with E-state index in [-0.39, 0.29) is 5.54 Å². The van der Waals surface area contributed by atoms with Crippen LogP contribution in [0.1, 0.15) is 31.2 Å². The Hall–Kier alpha value is -2.46. The summed E-state index contributed by atoms with van der Waals surface area (Å²) in [5.41, 5.74) is 10.6. The number of hydrogen-bond donors (Lipinski definition) is 1. The highest BCUT2D eigenvalue weighted by Crippen LogP contribution is 2.51. The number of benzene rings is 2. The Kier molecular flexibility index (Phi) is 3.27. The quantitative estimate of drug-likeness (QED) is 0.802. The molecule has 0 amide bonds. The van der Waals surface area contributed by atoms with E-state index in [0.29, 0.717) is 5.92 Å². The molecule has 1 aromatic heterocycles. The molecule has 3 aromatic rings. The van der Waals surface area contributed by atoms with Gasteiger partial charge in [0.05, 0.1) is 11.9 Å². The predicted molar refractivity (Wildman–Crippen MR) is 91.4 cm³/mol. The summed E-state index contributed by atoms with van der Waals surface area (Å²) in [6.07, 6.45) is 4.06. The van der Waals surface area contributed by atoms with Crippen LogP contribution in [0.3, 0.4) is 0 Å². The number of nitrogens with zero attached hydrogens (tertiary/aromatic N) is 3. The van der Waals surface area contributed by atoms with Crippen LogP contribution in [0.4, 0.5) is 0 Å². The van der Waals surface area contributed by atoms with E-state index in [9.17, 15) is 0 Å². The van der Waals surface area contributed by atoms with Crippen molar-refractivity contribution in [2.24, 2.45) is 5.73 Å². The molecule has 116 valence electrons. The van der Waals surface area contributed by atoms with E-state index in [1.54, 1.807) is 0 Å². The molecule has 4 rings (SSSR count). The smallest absolute Gasteiger partial charge is 0.113 e. The van der Waals surface area contributed by atoms with Crippen LogP contribution in [-0.4, -0.2) is 20.5 Å². The maximum absolute atomic E-state index is 6.36. The first-order valence-corrected chi connectivity index (χ1v) is 8.06. The Bertz CT molecular complexity index is 824. The second-order valence-electron chi connectivity index (χ2n) is 6.35. The van der Waals surface area contributed by atoms with Gasteiger partial charge in [0, 0.05) is 17.0 Å². The van der Waals surface area contributed by atoms with E-state index in [2.05, 4.69) is 41.5 Å². The molecule has 0 spiro atoms. The van der Waals surface area contributed by atoms with Crippen LogP contribution < -0.4 is 5.73 Å². The Balaban J connectivity index is 1.63. The number of rotatable bonds is 4. The van der Waals surface area contributed by atoms with Gasteiger partial charge >= 0.3 is 0 Å². The summed E-state index contributed by atoms with van der Waals surface area (Å²) in [5.74, 6) is 0.463. The van der Waals surface area contributed by atoms with Crippen molar-refractivity contribution >= 4 is 0 Å². The fourth-order valence-corrected chi connectivity index (χ4v) is 3.18. The first-order chi connectivity index (χ1) is 11.2. The molecule has 2 N–H and O–H groups in total. The third-order valence-electron chi connectivity index (χ3n) is 4.88. The van der Waals surface area contributed by atoms with Crippen LogP contribution in [0.15, 0.2) is 60.8 Å². The van der Waals surface area contributed by atoms with Crippen molar-refractivity contribution in [3.05, 3.63) is 66.4 Å². The van der Waals surface area contributed by atoms with Crippen molar-refractivity contribution in [1.82, 2.24) is 15.0 Å². The summed E-state index contributed by atoms with van der Waals surface area (Å²) in [4.78, 5) is 0. The molecular weight excluding hydrogens is 284 g/mol. The van der Waals surface area contributed by atoms with Crippen molar-refractivity contribution < 1.29 is 0 Å². The van der Waals surface area contributed by atoms with E-state index >= 15 is 0 Å². The van der Waals surface area contributed by atoms with Crippen molar-refractivity contribution in [3.8, 4) is 16.9 Å². The summed E-state index contributed by atoms with van der Waals surface area (Å²) in [5, 5.41) is 8.56. The molecule has 0 saturated heterocycles. The maximum atomic E-state index is 6.36. The van der Waals surface area contributed by atoms with Crippen LogP contribution in [0, 0.1) is 0 Å². The molecule has 4 heteroatoms. The molecule has 1 saturated carbocycles. The van der Waals surface area contributed by atoms with Gasteiger partial charge in [-0.15, -0.1) is 5.10 Å². The van der Waals surface area contributed by atoms with E-state index in [0.717, 1.165) is 29.8 Å². The summed E-state index contributed by atoms with van der Waals surface area (Å²) in [6, 6.07) is 18.6. The summed E-state index contributed by atoms with van der Waals surface area (Å²) < 4.78 is 1.83. The topological polar surface area (TPSA) is 56.7 Å². The van der Waals surface area contributed by atoms with E-state index in [4.69, 9.17) is 5.73 Å². The maximum Gasteiger partial charge on any atom is 0.113 e. The zero-order chi connectivity index (χ0) is 15.9. The highest BCUT2D eigenvalue weighted by Gasteiger charge is 2.50. The molecule has 0 aliphatic heterocycles. The van der Waals surface area contributed by atoms with Gasteiger partial charge in [-0.2, -0.15) is 0 Å². The van der Waals surface area contributed by atoms with Gasteiger partial charge in [-0.3, -0.25) is 0 Å². The molecule has 1 heterocycles. The molecular formula is C19H20N4. The van der Waals surface area contributed by atoms with Gasteiger partial charge in [-0.1, -0.05) is 54.6 Å². The Morgan fingerprint density at radius 2 is 2.00 bits per heavy atom. The summed E-state index contributed by atoms with van der Waals surface area (Å²) in [6.45, 7) is 2.16. The molecule has 2 aromatic carbocycles. The summed E-state index contributed by atoms with van der Waals surface area (Å²) in [7, 11) is 0. The van der Waals surface area contributed by atoms with E-state index in [1.165, 1.54) is 5.56 Å². The van der Waals surface area contributed by atoms with Crippen molar-refractivity contribution in [2.75, 3.05) is 0 Å². The fourth-order valence-electron chi connectivity index (χ4n) is 3.18. The third-order valence-corrected chi connectivity index (χ3v) is 4.88. The minimum absolute atomic E-state index is 0.0177. The first-order valence-electron chi connectivity index (χ1n) is 8.06. The zero-order valence-electron chi connectivity index (χ0n) is 13.2. The Morgan fingerprint density at radius 1 is 1.17 bits per heavy atom. The SMILES string of the molecule is CC[C@]1(N)C[C@H]1c1cccc(-n2cc(-c3ccccc3)nn2)c1. The van der Waals surface area contributed by atoms with Gasteiger partial charge in [-0.05, 0) is 30.5 Å². The molecule has 23 heavy (non-hydrogen) atoms. The van der Waals surface area contributed by atoms with Gasteiger partial charge in [-0.25, -0.2) is 4.68 Å². The lowest BCUT2D eigenvalue weighted by Gasteiger charge is -2.09. The molecule has 0 unspecified atom stereocenters. The predicted octanol–water partition coefficient (Wildman–Crippen LogP) is 3.53. The summed E-state index contributed by atoms with van der Waals surface area (Å²) >= 11 is 0. The minimum atomic E-state index is -0.0177. The van der Waals surface area contributed by atoms with Crippen LogP contribution in [0.25, 0.3) is 16.9 Å². The van der Waals surface area contributed by atoms with Crippen molar-refractivity contribution in [2.45, 2.75) is 31.2 Å². The lowest BCUT2D eigenvalue weighted by atomic mass is 10.0. The molecule has 4 nitrogen and oxygen atoms in total. The van der Waals surface area contributed by atoms with Crippen molar-refractivity contribution in [3.63, 3.8) is 0 Å². The molecule has 1 aliphatic carbocycles. The zero-order valence-corrected chi connectivity index (χ0v) is 13.2. The molecule has 0 radical (unpaired) electrons.